The molecule has 0 spiro atoms. The van der Waals surface area contributed by atoms with Gasteiger partial charge in [-0.25, -0.2) is 0 Å². The van der Waals surface area contributed by atoms with Crippen LogP contribution >= 0.6 is 0 Å². The molecular formula is C16H30N4O. The minimum atomic E-state index is 0.122. The van der Waals surface area contributed by atoms with E-state index < -0.39 is 0 Å². The maximum Gasteiger partial charge on any atom is 0.0745 e. The predicted molar refractivity (Wildman–Crippen MR) is 84.9 cm³/mol. The van der Waals surface area contributed by atoms with E-state index in [2.05, 4.69) is 29.3 Å². The average Bonchev–Trinajstić information content (AvgIpc) is 3.15. The van der Waals surface area contributed by atoms with E-state index in [9.17, 15) is 0 Å². The first-order chi connectivity index (χ1) is 10.3. The van der Waals surface area contributed by atoms with Crippen LogP contribution in [0.25, 0.3) is 0 Å². The van der Waals surface area contributed by atoms with E-state index in [1.165, 1.54) is 25.7 Å². The Morgan fingerprint density at radius 1 is 1.43 bits per heavy atom. The predicted octanol–water partition coefficient (Wildman–Crippen LogP) is 2.58. The number of hydrazine groups is 1. The van der Waals surface area contributed by atoms with Crippen molar-refractivity contribution in [2.75, 3.05) is 6.61 Å². The van der Waals surface area contributed by atoms with Crippen molar-refractivity contribution >= 4 is 0 Å². The molecule has 0 amide bonds. The first-order valence-electron chi connectivity index (χ1n) is 8.40. The quantitative estimate of drug-likeness (QED) is 0.543. The van der Waals surface area contributed by atoms with Gasteiger partial charge < -0.3 is 4.74 Å². The van der Waals surface area contributed by atoms with E-state index in [0.29, 0.717) is 6.04 Å². The summed E-state index contributed by atoms with van der Waals surface area (Å²) in [5.74, 6) is 5.75. The maximum atomic E-state index is 5.84. The topological polar surface area (TPSA) is 65.1 Å². The molecule has 2 rings (SSSR count). The molecule has 2 atom stereocenters. The number of nitrogens with one attached hydrogen (secondary N) is 1. The zero-order valence-electron chi connectivity index (χ0n) is 13.4. The van der Waals surface area contributed by atoms with Crippen molar-refractivity contribution in [1.82, 2.24) is 15.2 Å². The van der Waals surface area contributed by atoms with E-state index in [1.807, 2.05) is 6.92 Å². The number of nitrogens with zero attached hydrogens (tertiary/aromatic N) is 2. The molecule has 0 bridgehead atoms. The second-order valence-corrected chi connectivity index (χ2v) is 5.99. The monoisotopic (exact) mass is 294 g/mol. The van der Waals surface area contributed by atoms with Gasteiger partial charge in [-0.3, -0.25) is 16.0 Å². The van der Waals surface area contributed by atoms with Crippen molar-refractivity contribution in [2.24, 2.45) is 5.84 Å². The van der Waals surface area contributed by atoms with Crippen molar-refractivity contribution in [1.29, 1.82) is 0 Å². The highest BCUT2D eigenvalue weighted by Crippen LogP contribution is 2.28. The molecule has 1 fully saturated rings. The molecule has 1 aliphatic carbocycles. The van der Waals surface area contributed by atoms with Crippen molar-refractivity contribution < 1.29 is 4.74 Å². The highest BCUT2D eigenvalue weighted by Gasteiger charge is 2.23. The lowest BCUT2D eigenvalue weighted by Gasteiger charge is -2.25. The summed E-state index contributed by atoms with van der Waals surface area (Å²) in [5, 5.41) is 4.75. The van der Waals surface area contributed by atoms with Crippen LogP contribution in [0.5, 0.6) is 0 Å². The highest BCUT2D eigenvalue weighted by atomic mass is 16.5. The number of hydrogen-bond donors (Lipinski definition) is 2. The molecule has 21 heavy (non-hydrogen) atoms. The van der Waals surface area contributed by atoms with Crippen LogP contribution in [0.4, 0.5) is 0 Å². The third-order valence-corrected chi connectivity index (χ3v) is 4.41. The zero-order valence-corrected chi connectivity index (χ0v) is 13.4. The number of ether oxygens (including phenoxy) is 1. The average molecular weight is 294 g/mol. The third kappa shape index (κ3) is 4.53. The summed E-state index contributed by atoms with van der Waals surface area (Å²) >= 11 is 0. The fraction of sp³-hybridized carbons (Fsp3) is 0.812. The van der Waals surface area contributed by atoms with E-state index >= 15 is 0 Å². The van der Waals surface area contributed by atoms with Crippen LogP contribution in [0.2, 0.25) is 0 Å². The van der Waals surface area contributed by atoms with Crippen molar-refractivity contribution in [3.05, 3.63) is 18.0 Å². The molecule has 0 radical (unpaired) electrons. The van der Waals surface area contributed by atoms with Gasteiger partial charge in [-0.2, -0.15) is 5.10 Å². The molecule has 1 aliphatic rings. The van der Waals surface area contributed by atoms with E-state index in [1.54, 1.807) is 0 Å². The molecule has 120 valence electrons. The molecule has 1 aromatic heterocycles. The molecular weight excluding hydrogens is 264 g/mol. The number of aromatic nitrogens is 2. The van der Waals surface area contributed by atoms with E-state index in [-0.39, 0.29) is 12.1 Å². The molecule has 5 heteroatoms. The Bertz CT molecular complexity index is 395. The second-order valence-electron chi connectivity index (χ2n) is 5.99. The minimum Gasteiger partial charge on any atom is -0.377 e. The number of hydrogen-bond acceptors (Lipinski definition) is 4. The zero-order chi connectivity index (χ0) is 15.1. The maximum absolute atomic E-state index is 5.84. The summed E-state index contributed by atoms with van der Waals surface area (Å²) in [7, 11) is 0. The van der Waals surface area contributed by atoms with Crippen LogP contribution in [-0.2, 0) is 11.2 Å². The van der Waals surface area contributed by atoms with Gasteiger partial charge in [-0.05, 0) is 32.3 Å². The van der Waals surface area contributed by atoms with E-state index in [4.69, 9.17) is 15.7 Å². The lowest BCUT2D eigenvalue weighted by atomic mass is 10.0. The summed E-state index contributed by atoms with van der Waals surface area (Å²) < 4.78 is 7.98. The third-order valence-electron chi connectivity index (χ3n) is 4.41. The fourth-order valence-electron chi connectivity index (χ4n) is 3.28. The number of nitrogens with two attached hydrogens (primary N) is 1. The van der Waals surface area contributed by atoms with Crippen LogP contribution in [-0.4, -0.2) is 28.5 Å². The van der Waals surface area contributed by atoms with Gasteiger partial charge in [0.25, 0.3) is 0 Å². The van der Waals surface area contributed by atoms with Crippen LogP contribution < -0.4 is 11.3 Å². The van der Waals surface area contributed by atoms with Crippen LogP contribution in [0.15, 0.2) is 12.3 Å². The van der Waals surface area contributed by atoms with Gasteiger partial charge in [0.1, 0.15) is 0 Å². The normalized spacial score (nSPS) is 19.0. The molecule has 0 saturated heterocycles. The smallest absolute Gasteiger partial charge is 0.0745 e. The van der Waals surface area contributed by atoms with Gasteiger partial charge in [-0.15, -0.1) is 0 Å². The Morgan fingerprint density at radius 3 is 2.81 bits per heavy atom. The summed E-state index contributed by atoms with van der Waals surface area (Å²) in [4.78, 5) is 0. The molecule has 0 aromatic carbocycles. The van der Waals surface area contributed by atoms with Crippen molar-refractivity contribution in [3.8, 4) is 0 Å². The summed E-state index contributed by atoms with van der Waals surface area (Å²) in [6.45, 7) is 4.93. The Kier molecular flexibility index (Phi) is 6.67. The van der Waals surface area contributed by atoms with Gasteiger partial charge in [0.15, 0.2) is 0 Å². The molecule has 1 aromatic rings. The number of rotatable bonds is 9. The Labute approximate surface area is 128 Å². The molecule has 5 nitrogen and oxygen atoms in total. The lowest BCUT2D eigenvalue weighted by molar-refractivity contribution is 0.0279. The fourth-order valence-corrected chi connectivity index (χ4v) is 3.28. The first kappa shape index (κ1) is 16.5. The Balaban J connectivity index is 1.96. The summed E-state index contributed by atoms with van der Waals surface area (Å²) in [6, 6.07) is 2.84. The van der Waals surface area contributed by atoms with Gasteiger partial charge in [0, 0.05) is 19.2 Å². The SMILES string of the molecule is CCCC(OCC)C(Cc1ccn(C2CCCC2)n1)NN. The second kappa shape index (κ2) is 8.51. The summed E-state index contributed by atoms with van der Waals surface area (Å²) in [5.41, 5.74) is 4.03. The molecule has 1 heterocycles. The molecule has 3 N–H and O–H groups in total. The van der Waals surface area contributed by atoms with Crippen LogP contribution in [0, 0.1) is 0 Å². The molecule has 2 unspecified atom stereocenters. The van der Waals surface area contributed by atoms with Gasteiger partial charge in [-0.1, -0.05) is 26.2 Å². The van der Waals surface area contributed by atoms with E-state index in [0.717, 1.165) is 31.6 Å². The highest BCUT2D eigenvalue weighted by molar-refractivity contribution is 5.03. The molecule has 1 saturated carbocycles. The first-order valence-corrected chi connectivity index (χ1v) is 8.40. The molecule has 0 aliphatic heterocycles. The Morgan fingerprint density at radius 2 is 2.19 bits per heavy atom. The van der Waals surface area contributed by atoms with Gasteiger partial charge in [0.05, 0.1) is 23.9 Å². The van der Waals surface area contributed by atoms with Crippen molar-refractivity contribution in [3.63, 3.8) is 0 Å². The standard InChI is InChI=1S/C16H30N4O/c1-3-7-16(21-4-2)15(18-17)12-13-10-11-20(19-13)14-8-5-6-9-14/h10-11,14-16,18H,3-9,12,17H2,1-2H3. The van der Waals surface area contributed by atoms with Crippen LogP contribution in [0.3, 0.4) is 0 Å². The van der Waals surface area contributed by atoms with Crippen LogP contribution in [0.1, 0.15) is 64.1 Å². The summed E-state index contributed by atoms with van der Waals surface area (Å²) in [6.07, 6.45) is 10.4. The van der Waals surface area contributed by atoms with Crippen molar-refractivity contribution in [2.45, 2.75) is 77.0 Å². The van der Waals surface area contributed by atoms with Gasteiger partial charge >= 0.3 is 0 Å². The van der Waals surface area contributed by atoms with Gasteiger partial charge in [0.2, 0.25) is 0 Å². The lowest BCUT2D eigenvalue weighted by Crippen LogP contribution is -2.46. The minimum absolute atomic E-state index is 0.122. The largest absolute Gasteiger partial charge is 0.377 e. The Hall–Kier alpha value is -0.910.